The number of amides is 3. The molecule has 0 saturated carbocycles. The van der Waals surface area contributed by atoms with Gasteiger partial charge in [-0.15, -0.1) is 0 Å². The van der Waals surface area contributed by atoms with Gasteiger partial charge in [0.1, 0.15) is 18.1 Å². The summed E-state index contributed by atoms with van der Waals surface area (Å²) in [5, 5.41) is 11.3. The van der Waals surface area contributed by atoms with E-state index in [0.717, 1.165) is 10.5 Å². The Morgan fingerprint density at radius 1 is 1.12 bits per heavy atom. The van der Waals surface area contributed by atoms with E-state index >= 15 is 0 Å². The maximum atomic E-state index is 12.7. The molecule has 0 spiro atoms. The quantitative estimate of drug-likeness (QED) is 0.446. The third kappa shape index (κ3) is 5.05. The number of hydrogen-bond acceptors (Lipinski definition) is 6. The number of carbonyl (C=O) groups excluding carboxylic acids is 3. The van der Waals surface area contributed by atoms with Crippen molar-refractivity contribution in [2.45, 2.75) is 6.92 Å². The number of carboxylic acids is 1. The highest BCUT2D eigenvalue weighted by atomic mass is 35.5. The third-order valence-corrected chi connectivity index (χ3v) is 6.11. The van der Waals surface area contributed by atoms with Gasteiger partial charge in [0.25, 0.3) is 11.1 Å². The highest BCUT2D eigenvalue weighted by molar-refractivity contribution is 8.18. The fourth-order valence-corrected chi connectivity index (χ4v) is 4.25. The van der Waals surface area contributed by atoms with Crippen LogP contribution in [0.4, 0.5) is 10.5 Å². The van der Waals surface area contributed by atoms with E-state index in [4.69, 9.17) is 21.1 Å². The summed E-state index contributed by atoms with van der Waals surface area (Å²) in [6.07, 6.45) is 1.42. The van der Waals surface area contributed by atoms with Crippen molar-refractivity contribution >= 4 is 58.1 Å². The van der Waals surface area contributed by atoms with E-state index in [1.807, 2.05) is 19.1 Å². The number of furan rings is 1. The van der Waals surface area contributed by atoms with E-state index in [1.165, 1.54) is 18.2 Å². The summed E-state index contributed by atoms with van der Waals surface area (Å²) in [6.45, 7) is 1.51. The van der Waals surface area contributed by atoms with Crippen molar-refractivity contribution < 1.29 is 28.7 Å². The monoisotopic (exact) mass is 496 g/mol. The van der Waals surface area contributed by atoms with Crippen molar-refractivity contribution in [1.82, 2.24) is 4.90 Å². The lowest BCUT2D eigenvalue weighted by molar-refractivity contribution is -0.127. The molecule has 3 aromatic rings. The zero-order chi connectivity index (χ0) is 24.4. The van der Waals surface area contributed by atoms with Crippen LogP contribution in [0.15, 0.2) is 63.9 Å². The molecule has 1 saturated heterocycles. The number of nitrogens with one attached hydrogen (secondary N) is 1. The summed E-state index contributed by atoms with van der Waals surface area (Å²) in [7, 11) is 0. The predicted molar refractivity (Wildman–Crippen MR) is 129 cm³/mol. The average Bonchev–Trinajstić information content (AvgIpc) is 3.35. The van der Waals surface area contributed by atoms with Crippen LogP contribution < -0.4 is 5.32 Å². The second kappa shape index (κ2) is 9.58. The lowest BCUT2D eigenvalue weighted by atomic mass is 10.1. The molecule has 1 aliphatic rings. The molecule has 1 aliphatic heterocycles. The molecule has 4 rings (SSSR count). The largest absolute Gasteiger partial charge is 0.478 e. The molecule has 0 unspecified atom stereocenters. The van der Waals surface area contributed by atoms with Crippen LogP contribution in [0, 0.1) is 6.92 Å². The Bertz CT molecular complexity index is 1350. The molecule has 2 heterocycles. The fraction of sp³-hybridized carbons (Fsp3) is 0.0833. The Kier molecular flexibility index (Phi) is 6.58. The summed E-state index contributed by atoms with van der Waals surface area (Å²) < 4.78 is 5.72. The van der Waals surface area contributed by atoms with E-state index in [2.05, 4.69) is 5.32 Å². The minimum Gasteiger partial charge on any atom is -0.478 e. The smallest absolute Gasteiger partial charge is 0.337 e. The molecular formula is C24H17ClN2O6S. The van der Waals surface area contributed by atoms with Crippen LogP contribution >= 0.6 is 23.4 Å². The fourth-order valence-electron chi connectivity index (χ4n) is 3.17. The first-order chi connectivity index (χ1) is 16.2. The van der Waals surface area contributed by atoms with Gasteiger partial charge in [0, 0.05) is 17.3 Å². The Hall–Kier alpha value is -3.82. The van der Waals surface area contributed by atoms with Crippen LogP contribution in [0.5, 0.6) is 0 Å². The van der Waals surface area contributed by atoms with Crippen LogP contribution in [0.25, 0.3) is 17.4 Å². The van der Waals surface area contributed by atoms with E-state index in [1.54, 1.807) is 30.3 Å². The summed E-state index contributed by atoms with van der Waals surface area (Å²) >= 11 is 6.72. The minimum atomic E-state index is -1.14. The van der Waals surface area contributed by atoms with Crippen LogP contribution in [0.3, 0.4) is 0 Å². The van der Waals surface area contributed by atoms with Crippen LogP contribution in [-0.2, 0) is 9.59 Å². The number of rotatable bonds is 6. The van der Waals surface area contributed by atoms with Gasteiger partial charge in [-0.3, -0.25) is 19.3 Å². The SMILES string of the molecule is Cc1ccc(NC(=O)CN2C(=O)S/C(=C/c3ccc(-c4ccc(C(=O)O)c(Cl)c4)o3)C2=O)cc1. The number of aromatic carboxylic acids is 1. The van der Waals surface area contributed by atoms with E-state index in [9.17, 15) is 19.2 Å². The molecule has 172 valence electrons. The Labute approximate surface area is 203 Å². The molecule has 0 radical (unpaired) electrons. The van der Waals surface area contributed by atoms with Gasteiger partial charge in [-0.2, -0.15) is 0 Å². The molecule has 8 nitrogen and oxygen atoms in total. The third-order valence-electron chi connectivity index (χ3n) is 4.89. The first kappa shape index (κ1) is 23.3. The number of benzene rings is 2. The van der Waals surface area contributed by atoms with Crippen molar-refractivity contribution in [3.8, 4) is 11.3 Å². The summed E-state index contributed by atoms with van der Waals surface area (Å²) in [5.74, 6) is -1.51. The summed E-state index contributed by atoms with van der Waals surface area (Å²) in [4.78, 5) is 49.4. The maximum absolute atomic E-state index is 12.7. The van der Waals surface area contributed by atoms with Gasteiger partial charge < -0.3 is 14.8 Å². The number of imide groups is 1. The van der Waals surface area contributed by atoms with E-state index in [0.29, 0.717) is 34.5 Å². The van der Waals surface area contributed by atoms with Crippen LogP contribution in [-0.4, -0.2) is 39.6 Å². The van der Waals surface area contributed by atoms with Gasteiger partial charge in [0.2, 0.25) is 5.91 Å². The van der Waals surface area contributed by atoms with Gasteiger partial charge in [-0.25, -0.2) is 4.79 Å². The molecule has 34 heavy (non-hydrogen) atoms. The van der Waals surface area contributed by atoms with E-state index in [-0.39, 0.29) is 15.5 Å². The Morgan fingerprint density at radius 2 is 1.85 bits per heavy atom. The summed E-state index contributed by atoms with van der Waals surface area (Å²) in [5.41, 5.74) is 2.13. The van der Waals surface area contributed by atoms with Crippen molar-refractivity contribution in [3.63, 3.8) is 0 Å². The molecule has 1 fully saturated rings. The number of anilines is 1. The molecule has 10 heteroatoms. The summed E-state index contributed by atoms with van der Waals surface area (Å²) in [6, 6.07) is 14.8. The zero-order valence-corrected chi connectivity index (χ0v) is 19.3. The van der Waals surface area contributed by atoms with E-state index < -0.39 is 29.6 Å². The Balaban J connectivity index is 1.45. The van der Waals surface area contributed by atoms with Gasteiger partial charge in [0.05, 0.1) is 15.5 Å². The predicted octanol–water partition coefficient (Wildman–Crippen LogP) is 5.28. The van der Waals surface area contributed by atoms with Crippen LogP contribution in [0.2, 0.25) is 5.02 Å². The van der Waals surface area contributed by atoms with Crippen LogP contribution in [0.1, 0.15) is 21.7 Å². The first-order valence-electron chi connectivity index (χ1n) is 9.96. The number of carbonyl (C=O) groups is 4. The number of aryl methyl sites for hydroxylation is 1. The van der Waals surface area contributed by atoms with Crippen molar-refractivity contribution in [1.29, 1.82) is 0 Å². The molecule has 0 atom stereocenters. The van der Waals surface area contributed by atoms with Gasteiger partial charge in [-0.05, 0) is 55.1 Å². The maximum Gasteiger partial charge on any atom is 0.337 e. The average molecular weight is 497 g/mol. The topological polar surface area (TPSA) is 117 Å². The second-order valence-electron chi connectivity index (χ2n) is 7.38. The van der Waals surface area contributed by atoms with Gasteiger partial charge in [-0.1, -0.05) is 35.4 Å². The van der Waals surface area contributed by atoms with Crippen molar-refractivity contribution in [2.75, 3.05) is 11.9 Å². The molecule has 2 N–H and O–H groups in total. The minimum absolute atomic E-state index is 0.0303. The number of hydrogen-bond donors (Lipinski definition) is 2. The van der Waals surface area contributed by atoms with Crippen molar-refractivity contribution in [2.24, 2.45) is 0 Å². The Morgan fingerprint density at radius 3 is 2.53 bits per heavy atom. The lowest BCUT2D eigenvalue weighted by Gasteiger charge is -2.12. The molecule has 0 bridgehead atoms. The first-order valence-corrected chi connectivity index (χ1v) is 11.2. The standard InChI is InChI=1S/C24H17ClN2O6S/c1-13-2-5-15(6-3-13)26-21(28)12-27-22(29)20(34-24(27)32)11-16-7-9-19(33-16)14-4-8-17(23(30)31)18(25)10-14/h2-11H,12H2,1H3,(H,26,28)(H,30,31)/b20-11+. The number of thioether (sulfide) groups is 1. The number of carboxylic acid groups (broad SMARTS) is 1. The molecule has 1 aromatic heterocycles. The molecule has 2 aromatic carbocycles. The highest BCUT2D eigenvalue weighted by Gasteiger charge is 2.36. The van der Waals surface area contributed by atoms with Crippen molar-refractivity contribution in [3.05, 3.63) is 81.4 Å². The number of halogens is 1. The normalized spacial score (nSPS) is 14.6. The van der Waals surface area contributed by atoms with Gasteiger partial charge in [0.15, 0.2) is 0 Å². The lowest BCUT2D eigenvalue weighted by Crippen LogP contribution is -2.36. The second-order valence-corrected chi connectivity index (χ2v) is 8.78. The number of nitrogens with zero attached hydrogens (tertiary/aromatic N) is 1. The molecule has 0 aliphatic carbocycles. The van der Waals surface area contributed by atoms with Gasteiger partial charge >= 0.3 is 5.97 Å². The molecular weight excluding hydrogens is 480 g/mol. The highest BCUT2D eigenvalue weighted by Crippen LogP contribution is 2.34. The molecule has 3 amide bonds. The zero-order valence-electron chi connectivity index (χ0n) is 17.7.